The molecule has 0 saturated carbocycles. The maximum Gasteiger partial charge on any atom is 0.255 e. The van der Waals surface area contributed by atoms with Gasteiger partial charge in [-0.25, -0.2) is 0 Å². The standard InChI is InChI=1S/C14H17BrClN3OS/c1-9(13(17)21)18-4-6-19(7-5-18)14(20)11-3-2-10(15)8-12(11)16/h2-3,8-9H,4-7H2,1H3,(H2,17,21). The Labute approximate surface area is 143 Å². The first-order chi connectivity index (χ1) is 9.90. The van der Waals surface area contributed by atoms with Crippen LogP contribution in [-0.4, -0.2) is 52.9 Å². The molecule has 114 valence electrons. The van der Waals surface area contributed by atoms with Gasteiger partial charge in [-0.1, -0.05) is 39.7 Å². The molecule has 1 unspecified atom stereocenters. The number of carbonyl (C=O) groups is 1. The topological polar surface area (TPSA) is 49.6 Å². The van der Waals surface area contributed by atoms with Crippen LogP contribution in [0.5, 0.6) is 0 Å². The lowest BCUT2D eigenvalue weighted by atomic mass is 10.1. The zero-order valence-corrected chi connectivity index (χ0v) is 14.8. The van der Waals surface area contributed by atoms with Crippen molar-refractivity contribution in [2.45, 2.75) is 13.0 Å². The van der Waals surface area contributed by atoms with Gasteiger partial charge in [0.1, 0.15) is 0 Å². The van der Waals surface area contributed by atoms with Gasteiger partial charge >= 0.3 is 0 Å². The molecule has 0 aromatic heterocycles. The highest BCUT2D eigenvalue weighted by Gasteiger charge is 2.26. The van der Waals surface area contributed by atoms with Crippen LogP contribution in [0.15, 0.2) is 22.7 Å². The van der Waals surface area contributed by atoms with Gasteiger partial charge in [-0.05, 0) is 25.1 Å². The van der Waals surface area contributed by atoms with Gasteiger partial charge in [0, 0.05) is 30.7 Å². The second kappa shape index (κ2) is 7.05. The molecule has 1 saturated heterocycles. The zero-order chi connectivity index (χ0) is 15.6. The minimum absolute atomic E-state index is 0.0323. The summed E-state index contributed by atoms with van der Waals surface area (Å²) in [5, 5.41) is 0.466. The Bertz CT molecular complexity index is 561. The van der Waals surface area contributed by atoms with Crippen molar-refractivity contribution >= 4 is 50.6 Å². The van der Waals surface area contributed by atoms with Gasteiger partial charge in [-0.15, -0.1) is 0 Å². The lowest BCUT2D eigenvalue weighted by Gasteiger charge is -2.37. The predicted molar refractivity (Wildman–Crippen MR) is 92.9 cm³/mol. The number of piperazine rings is 1. The van der Waals surface area contributed by atoms with Crippen LogP contribution in [-0.2, 0) is 0 Å². The fourth-order valence-corrected chi connectivity index (χ4v) is 3.23. The summed E-state index contributed by atoms with van der Waals surface area (Å²) >= 11 is 14.5. The van der Waals surface area contributed by atoms with Crippen molar-refractivity contribution < 1.29 is 4.79 Å². The Balaban J connectivity index is 2.02. The second-order valence-electron chi connectivity index (χ2n) is 5.03. The summed E-state index contributed by atoms with van der Waals surface area (Å²) in [5.41, 5.74) is 6.21. The van der Waals surface area contributed by atoms with Gasteiger partial charge in [0.2, 0.25) is 0 Å². The van der Waals surface area contributed by atoms with Crippen molar-refractivity contribution in [3.63, 3.8) is 0 Å². The third-order valence-corrected chi connectivity index (χ3v) is 4.87. The fraction of sp³-hybridized carbons (Fsp3) is 0.429. The molecule has 1 amide bonds. The van der Waals surface area contributed by atoms with E-state index >= 15 is 0 Å². The molecule has 1 aromatic rings. The summed E-state index contributed by atoms with van der Waals surface area (Å²) in [6, 6.07) is 5.37. The molecule has 1 atom stereocenters. The Morgan fingerprint density at radius 1 is 1.38 bits per heavy atom. The average Bonchev–Trinajstić information content (AvgIpc) is 2.46. The van der Waals surface area contributed by atoms with Gasteiger partial charge in [0.25, 0.3) is 5.91 Å². The van der Waals surface area contributed by atoms with Crippen molar-refractivity contribution in [3.8, 4) is 0 Å². The first-order valence-electron chi connectivity index (χ1n) is 6.68. The highest BCUT2D eigenvalue weighted by atomic mass is 79.9. The van der Waals surface area contributed by atoms with E-state index in [1.165, 1.54) is 0 Å². The molecule has 2 N–H and O–H groups in total. The van der Waals surface area contributed by atoms with Crippen molar-refractivity contribution in [1.82, 2.24) is 9.80 Å². The van der Waals surface area contributed by atoms with Crippen LogP contribution in [0.4, 0.5) is 0 Å². The third kappa shape index (κ3) is 3.94. The maximum absolute atomic E-state index is 12.5. The summed E-state index contributed by atoms with van der Waals surface area (Å²) in [4.78, 5) is 17.0. The minimum atomic E-state index is -0.0323. The minimum Gasteiger partial charge on any atom is -0.392 e. The summed E-state index contributed by atoms with van der Waals surface area (Å²) in [7, 11) is 0. The fourth-order valence-electron chi connectivity index (χ4n) is 2.33. The first kappa shape index (κ1) is 16.7. The van der Waals surface area contributed by atoms with E-state index in [0.29, 0.717) is 28.7 Å². The van der Waals surface area contributed by atoms with E-state index in [9.17, 15) is 4.79 Å². The average molecular weight is 391 g/mol. The van der Waals surface area contributed by atoms with Crippen LogP contribution in [0.3, 0.4) is 0 Å². The molecule has 1 aliphatic heterocycles. The molecule has 2 rings (SSSR count). The molecule has 0 radical (unpaired) electrons. The molecule has 21 heavy (non-hydrogen) atoms. The number of amides is 1. The molecule has 1 fully saturated rings. The van der Waals surface area contributed by atoms with Crippen molar-refractivity contribution in [1.29, 1.82) is 0 Å². The number of hydrogen-bond donors (Lipinski definition) is 1. The first-order valence-corrected chi connectivity index (χ1v) is 8.25. The molecular weight excluding hydrogens is 374 g/mol. The SMILES string of the molecule is CC(C(N)=S)N1CCN(C(=O)c2ccc(Br)cc2Cl)CC1. The van der Waals surface area contributed by atoms with E-state index in [0.717, 1.165) is 17.6 Å². The number of nitrogens with two attached hydrogens (primary N) is 1. The smallest absolute Gasteiger partial charge is 0.255 e. The van der Waals surface area contributed by atoms with Gasteiger partial charge in [0.15, 0.2) is 0 Å². The Hall–Kier alpha value is -0.690. The molecule has 0 aliphatic carbocycles. The van der Waals surface area contributed by atoms with Crippen molar-refractivity contribution in [2.75, 3.05) is 26.2 Å². The number of carbonyl (C=O) groups excluding carboxylic acids is 1. The van der Waals surface area contributed by atoms with E-state index in [-0.39, 0.29) is 11.9 Å². The van der Waals surface area contributed by atoms with Gasteiger partial charge in [-0.2, -0.15) is 0 Å². The Morgan fingerprint density at radius 2 is 2.00 bits per heavy atom. The van der Waals surface area contributed by atoms with Crippen LogP contribution in [0.2, 0.25) is 5.02 Å². The highest BCUT2D eigenvalue weighted by Crippen LogP contribution is 2.23. The van der Waals surface area contributed by atoms with Crippen LogP contribution in [0.1, 0.15) is 17.3 Å². The molecule has 7 heteroatoms. The zero-order valence-electron chi connectivity index (χ0n) is 11.7. The number of rotatable bonds is 3. The molecule has 1 aliphatic rings. The predicted octanol–water partition coefficient (Wildman–Crippen LogP) is 2.53. The molecule has 4 nitrogen and oxygen atoms in total. The molecule has 1 heterocycles. The lowest BCUT2D eigenvalue weighted by Crippen LogP contribution is -2.54. The molecule has 1 aromatic carbocycles. The van der Waals surface area contributed by atoms with Crippen LogP contribution in [0, 0.1) is 0 Å². The van der Waals surface area contributed by atoms with E-state index in [4.69, 9.17) is 29.6 Å². The number of benzene rings is 1. The summed E-state index contributed by atoms with van der Waals surface area (Å²) < 4.78 is 0.860. The summed E-state index contributed by atoms with van der Waals surface area (Å²) in [5.74, 6) is -0.0323. The van der Waals surface area contributed by atoms with Gasteiger partial charge in [-0.3, -0.25) is 9.69 Å². The van der Waals surface area contributed by atoms with E-state index < -0.39 is 0 Å². The van der Waals surface area contributed by atoms with Gasteiger partial charge in [0.05, 0.1) is 21.6 Å². The van der Waals surface area contributed by atoms with Crippen LogP contribution >= 0.6 is 39.7 Å². The largest absolute Gasteiger partial charge is 0.392 e. The number of hydrogen-bond acceptors (Lipinski definition) is 3. The lowest BCUT2D eigenvalue weighted by molar-refractivity contribution is 0.0622. The monoisotopic (exact) mass is 389 g/mol. The van der Waals surface area contributed by atoms with Crippen molar-refractivity contribution in [3.05, 3.63) is 33.3 Å². The Kier molecular flexibility index (Phi) is 5.60. The van der Waals surface area contributed by atoms with E-state index in [2.05, 4.69) is 20.8 Å². The normalized spacial score (nSPS) is 17.6. The Morgan fingerprint density at radius 3 is 2.52 bits per heavy atom. The molecular formula is C14H17BrClN3OS. The molecule has 0 spiro atoms. The van der Waals surface area contributed by atoms with Gasteiger partial charge < -0.3 is 10.6 Å². The molecule has 0 bridgehead atoms. The quantitative estimate of drug-likeness (QED) is 0.806. The number of nitrogens with zero attached hydrogens (tertiary/aromatic N) is 2. The van der Waals surface area contributed by atoms with Crippen molar-refractivity contribution in [2.24, 2.45) is 5.73 Å². The third-order valence-electron chi connectivity index (χ3n) is 3.72. The summed E-state index contributed by atoms with van der Waals surface area (Å²) in [6.45, 7) is 4.82. The number of thiocarbonyl (C=S) groups is 1. The van der Waals surface area contributed by atoms with E-state index in [1.807, 2.05) is 17.9 Å². The van der Waals surface area contributed by atoms with Crippen LogP contribution < -0.4 is 5.73 Å². The second-order valence-corrected chi connectivity index (χ2v) is 6.82. The van der Waals surface area contributed by atoms with Crippen LogP contribution in [0.25, 0.3) is 0 Å². The maximum atomic E-state index is 12.5. The van der Waals surface area contributed by atoms with E-state index in [1.54, 1.807) is 12.1 Å². The highest BCUT2D eigenvalue weighted by molar-refractivity contribution is 9.10. The number of halogens is 2. The summed E-state index contributed by atoms with van der Waals surface area (Å²) in [6.07, 6.45) is 0.